The molecule has 0 unspecified atom stereocenters. The quantitative estimate of drug-likeness (QED) is 0.859. The molecule has 5 heteroatoms. The van der Waals surface area contributed by atoms with Crippen molar-refractivity contribution in [1.82, 2.24) is 20.5 Å². The summed E-state index contributed by atoms with van der Waals surface area (Å²) >= 11 is 0. The molecule has 2 rings (SSSR count). The minimum Gasteiger partial charge on any atom is -0.346 e. The van der Waals surface area contributed by atoms with Crippen molar-refractivity contribution in [1.29, 1.82) is 0 Å². The molecule has 20 heavy (non-hydrogen) atoms. The molecule has 1 aromatic rings. The highest BCUT2D eigenvalue weighted by Crippen LogP contribution is 2.17. The van der Waals surface area contributed by atoms with E-state index in [9.17, 15) is 4.79 Å². The molecular formula is C15H24N4O. The third kappa shape index (κ3) is 3.35. The number of nitrogens with one attached hydrogen (secondary N) is 2. The first kappa shape index (κ1) is 14.9. The van der Waals surface area contributed by atoms with Gasteiger partial charge < -0.3 is 10.6 Å². The van der Waals surface area contributed by atoms with Crippen LogP contribution in [0.1, 0.15) is 32.5 Å². The Morgan fingerprint density at radius 3 is 2.70 bits per heavy atom. The number of rotatable bonds is 4. The van der Waals surface area contributed by atoms with Crippen LogP contribution in [0, 0.1) is 0 Å². The number of hydrogen-bond donors (Lipinski definition) is 2. The Labute approximate surface area is 120 Å². The number of aromatic nitrogens is 1. The van der Waals surface area contributed by atoms with Gasteiger partial charge in [-0.25, -0.2) is 0 Å². The lowest BCUT2D eigenvalue weighted by Crippen LogP contribution is -2.60. The SMILES string of the molecule is C[C@@H](NC(=O)C(C)(C)N1CCNCC1)c1ccccn1. The number of nitrogens with zero attached hydrogens (tertiary/aromatic N) is 2. The lowest BCUT2D eigenvalue weighted by Gasteiger charge is -2.40. The molecule has 1 aliphatic rings. The van der Waals surface area contributed by atoms with Crippen LogP contribution in [0.15, 0.2) is 24.4 Å². The molecule has 2 heterocycles. The normalized spacial score (nSPS) is 18.6. The first-order valence-corrected chi connectivity index (χ1v) is 7.19. The number of carbonyl (C=O) groups is 1. The van der Waals surface area contributed by atoms with Crippen molar-refractivity contribution >= 4 is 5.91 Å². The van der Waals surface area contributed by atoms with Crippen molar-refractivity contribution in [3.8, 4) is 0 Å². The van der Waals surface area contributed by atoms with Gasteiger partial charge in [-0.15, -0.1) is 0 Å². The van der Waals surface area contributed by atoms with Gasteiger partial charge in [0.05, 0.1) is 17.3 Å². The highest BCUT2D eigenvalue weighted by atomic mass is 16.2. The van der Waals surface area contributed by atoms with Gasteiger partial charge in [-0.1, -0.05) is 6.07 Å². The van der Waals surface area contributed by atoms with Gasteiger partial charge in [-0.05, 0) is 32.9 Å². The van der Waals surface area contributed by atoms with Crippen LogP contribution in [0.3, 0.4) is 0 Å². The zero-order chi connectivity index (χ0) is 14.6. The maximum Gasteiger partial charge on any atom is 0.240 e. The molecule has 0 radical (unpaired) electrons. The van der Waals surface area contributed by atoms with E-state index in [0.29, 0.717) is 0 Å². The molecule has 1 aromatic heterocycles. The Morgan fingerprint density at radius 2 is 2.10 bits per heavy atom. The van der Waals surface area contributed by atoms with Crippen molar-refractivity contribution in [2.75, 3.05) is 26.2 Å². The van der Waals surface area contributed by atoms with Gasteiger partial charge >= 0.3 is 0 Å². The molecule has 1 atom stereocenters. The van der Waals surface area contributed by atoms with Crippen LogP contribution in [-0.2, 0) is 4.79 Å². The number of amides is 1. The van der Waals surface area contributed by atoms with E-state index in [1.807, 2.05) is 39.0 Å². The minimum atomic E-state index is -0.495. The van der Waals surface area contributed by atoms with E-state index < -0.39 is 5.54 Å². The lowest BCUT2D eigenvalue weighted by molar-refractivity contribution is -0.132. The fourth-order valence-electron chi connectivity index (χ4n) is 2.45. The Kier molecular flexibility index (Phi) is 4.73. The number of piperazine rings is 1. The van der Waals surface area contributed by atoms with E-state index in [4.69, 9.17) is 0 Å². The third-order valence-electron chi connectivity index (χ3n) is 3.94. The summed E-state index contributed by atoms with van der Waals surface area (Å²) in [5.74, 6) is 0.0533. The monoisotopic (exact) mass is 276 g/mol. The van der Waals surface area contributed by atoms with Crippen molar-refractivity contribution < 1.29 is 4.79 Å². The van der Waals surface area contributed by atoms with Gasteiger partial charge in [0.15, 0.2) is 0 Å². The van der Waals surface area contributed by atoms with Crippen molar-refractivity contribution in [3.63, 3.8) is 0 Å². The fourth-order valence-corrected chi connectivity index (χ4v) is 2.45. The predicted octanol–water partition coefficient (Wildman–Crippen LogP) is 0.943. The molecule has 0 aliphatic carbocycles. The van der Waals surface area contributed by atoms with Crippen LogP contribution >= 0.6 is 0 Å². The van der Waals surface area contributed by atoms with E-state index in [-0.39, 0.29) is 11.9 Å². The highest BCUT2D eigenvalue weighted by Gasteiger charge is 2.35. The van der Waals surface area contributed by atoms with Crippen LogP contribution in [0.2, 0.25) is 0 Å². The van der Waals surface area contributed by atoms with Gasteiger partial charge in [0.1, 0.15) is 0 Å². The second-order valence-corrected chi connectivity index (χ2v) is 5.75. The van der Waals surface area contributed by atoms with Crippen LogP contribution in [0.25, 0.3) is 0 Å². The summed E-state index contributed by atoms with van der Waals surface area (Å²) in [6.07, 6.45) is 1.75. The van der Waals surface area contributed by atoms with Crippen LogP contribution in [0.5, 0.6) is 0 Å². The molecule has 0 aromatic carbocycles. The molecular weight excluding hydrogens is 252 g/mol. The first-order valence-electron chi connectivity index (χ1n) is 7.19. The number of carbonyl (C=O) groups excluding carboxylic acids is 1. The Hall–Kier alpha value is -1.46. The van der Waals surface area contributed by atoms with Crippen molar-refractivity contribution in [3.05, 3.63) is 30.1 Å². The molecule has 1 saturated heterocycles. The Bertz CT molecular complexity index is 440. The summed E-state index contributed by atoms with van der Waals surface area (Å²) < 4.78 is 0. The van der Waals surface area contributed by atoms with Crippen molar-refractivity contribution in [2.45, 2.75) is 32.4 Å². The molecule has 1 amide bonds. The van der Waals surface area contributed by atoms with E-state index in [1.165, 1.54) is 0 Å². The summed E-state index contributed by atoms with van der Waals surface area (Å²) in [5.41, 5.74) is 0.391. The fraction of sp³-hybridized carbons (Fsp3) is 0.600. The zero-order valence-corrected chi connectivity index (χ0v) is 12.5. The Morgan fingerprint density at radius 1 is 1.40 bits per heavy atom. The van der Waals surface area contributed by atoms with Gasteiger partial charge in [-0.3, -0.25) is 14.7 Å². The number of hydrogen-bond acceptors (Lipinski definition) is 4. The average Bonchev–Trinajstić information content (AvgIpc) is 2.49. The third-order valence-corrected chi connectivity index (χ3v) is 3.94. The topological polar surface area (TPSA) is 57.3 Å². The highest BCUT2D eigenvalue weighted by molar-refractivity contribution is 5.85. The first-order chi connectivity index (χ1) is 9.51. The van der Waals surface area contributed by atoms with E-state index in [2.05, 4.69) is 20.5 Å². The molecule has 5 nitrogen and oxygen atoms in total. The largest absolute Gasteiger partial charge is 0.346 e. The van der Waals surface area contributed by atoms with E-state index in [0.717, 1.165) is 31.9 Å². The summed E-state index contributed by atoms with van der Waals surface area (Å²) in [7, 11) is 0. The second-order valence-electron chi connectivity index (χ2n) is 5.75. The smallest absolute Gasteiger partial charge is 0.240 e. The molecule has 0 saturated carbocycles. The molecule has 0 bridgehead atoms. The van der Waals surface area contributed by atoms with Crippen LogP contribution in [-0.4, -0.2) is 47.5 Å². The predicted molar refractivity (Wildman–Crippen MR) is 79.3 cm³/mol. The van der Waals surface area contributed by atoms with Gasteiger partial charge in [0, 0.05) is 32.4 Å². The Balaban J connectivity index is 1.99. The van der Waals surface area contributed by atoms with E-state index >= 15 is 0 Å². The lowest BCUT2D eigenvalue weighted by atomic mass is 9.99. The minimum absolute atomic E-state index is 0.0533. The summed E-state index contributed by atoms with van der Waals surface area (Å²) in [6.45, 7) is 9.61. The standard InChI is InChI=1S/C15H24N4O/c1-12(13-6-4-5-7-17-13)18-14(20)15(2,3)19-10-8-16-9-11-19/h4-7,12,16H,8-11H2,1-3H3,(H,18,20)/t12-/m1/s1. The molecule has 2 N–H and O–H groups in total. The van der Waals surface area contributed by atoms with Gasteiger partial charge in [0.25, 0.3) is 0 Å². The van der Waals surface area contributed by atoms with Crippen LogP contribution in [0.4, 0.5) is 0 Å². The van der Waals surface area contributed by atoms with Crippen molar-refractivity contribution in [2.24, 2.45) is 0 Å². The average molecular weight is 276 g/mol. The molecule has 110 valence electrons. The maximum absolute atomic E-state index is 12.5. The van der Waals surface area contributed by atoms with Gasteiger partial charge in [-0.2, -0.15) is 0 Å². The summed E-state index contributed by atoms with van der Waals surface area (Å²) in [4.78, 5) is 19.1. The van der Waals surface area contributed by atoms with E-state index in [1.54, 1.807) is 6.20 Å². The van der Waals surface area contributed by atoms with Gasteiger partial charge in [0.2, 0.25) is 5.91 Å². The molecule has 0 spiro atoms. The maximum atomic E-state index is 12.5. The summed E-state index contributed by atoms with van der Waals surface area (Å²) in [5, 5.41) is 6.38. The second kappa shape index (κ2) is 6.33. The summed E-state index contributed by atoms with van der Waals surface area (Å²) in [6, 6.07) is 5.67. The molecule has 1 aliphatic heterocycles. The zero-order valence-electron chi connectivity index (χ0n) is 12.5. The number of pyridine rings is 1. The van der Waals surface area contributed by atoms with Crippen LogP contribution < -0.4 is 10.6 Å². The molecule has 1 fully saturated rings.